The standard InChI is InChI=1S/C16H14FN3O/c17-12-2-5-14(6-3-12)19-16(21)10-20-8-7-11-1-4-13(18)9-15(11)20/h1-9H,10,18H2,(H,19,21). The van der Waals surface area contributed by atoms with Gasteiger partial charge in [-0.05, 0) is 47.9 Å². The summed E-state index contributed by atoms with van der Waals surface area (Å²) in [6, 6.07) is 13.2. The molecule has 106 valence electrons. The van der Waals surface area contributed by atoms with Crippen molar-refractivity contribution >= 4 is 28.2 Å². The Labute approximate surface area is 121 Å². The van der Waals surface area contributed by atoms with Crippen LogP contribution in [0.15, 0.2) is 54.7 Å². The van der Waals surface area contributed by atoms with E-state index in [4.69, 9.17) is 5.73 Å². The average molecular weight is 283 g/mol. The van der Waals surface area contributed by atoms with Gasteiger partial charge in [0, 0.05) is 17.6 Å². The number of anilines is 2. The van der Waals surface area contributed by atoms with Gasteiger partial charge in [0.15, 0.2) is 0 Å². The first-order valence-corrected chi connectivity index (χ1v) is 6.51. The van der Waals surface area contributed by atoms with E-state index in [-0.39, 0.29) is 18.3 Å². The van der Waals surface area contributed by atoms with E-state index in [9.17, 15) is 9.18 Å². The van der Waals surface area contributed by atoms with Crippen LogP contribution in [0.4, 0.5) is 15.8 Å². The monoisotopic (exact) mass is 283 g/mol. The number of fused-ring (bicyclic) bond motifs is 1. The Morgan fingerprint density at radius 3 is 2.67 bits per heavy atom. The molecule has 0 atom stereocenters. The first-order chi connectivity index (χ1) is 10.1. The molecule has 1 aromatic heterocycles. The van der Waals surface area contributed by atoms with Crippen LogP contribution in [0.1, 0.15) is 0 Å². The first-order valence-electron chi connectivity index (χ1n) is 6.51. The van der Waals surface area contributed by atoms with E-state index in [1.807, 2.05) is 35.0 Å². The van der Waals surface area contributed by atoms with Gasteiger partial charge in [0.1, 0.15) is 12.4 Å². The summed E-state index contributed by atoms with van der Waals surface area (Å²) >= 11 is 0. The molecule has 0 aliphatic rings. The zero-order valence-electron chi connectivity index (χ0n) is 11.2. The lowest BCUT2D eigenvalue weighted by Crippen LogP contribution is -2.18. The molecular formula is C16H14FN3O. The van der Waals surface area contributed by atoms with Crippen molar-refractivity contribution in [2.45, 2.75) is 6.54 Å². The van der Waals surface area contributed by atoms with Crippen molar-refractivity contribution in [3.63, 3.8) is 0 Å². The third-order valence-electron chi connectivity index (χ3n) is 3.24. The van der Waals surface area contributed by atoms with Gasteiger partial charge in [-0.3, -0.25) is 4.79 Å². The minimum Gasteiger partial charge on any atom is -0.399 e. The summed E-state index contributed by atoms with van der Waals surface area (Å²) in [6.45, 7) is 0.171. The number of aromatic nitrogens is 1. The van der Waals surface area contributed by atoms with Gasteiger partial charge in [-0.25, -0.2) is 4.39 Å². The minimum atomic E-state index is -0.333. The van der Waals surface area contributed by atoms with Crippen molar-refractivity contribution in [2.75, 3.05) is 11.1 Å². The quantitative estimate of drug-likeness (QED) is 0.726. The van der Waals surface area contributed by atoms with Crippen LogP contribution in [0.5, 0.6) is 0 Å². The lowest BCUT2D eigenvalue weighted by atomic mass is 10.2. The van der Waals surface area contributed by atoms with E-state index in [2.05, 4.69) is 5.32 Å². The van der Waals surface area contributed by atoms with Gasteiger partial charge in [-0.15, -0.1) is 0 Å². The molecule has 5 heteroatoms. The van der Waals surface area contributed by atoms with Crippen LogP contribution in [-0.4, -0.2) is 10.5 Å². The number of nitrogens with two attached hydrogens (primary N) is 1. The van der Waals surface area contributed by atoms with Gasteiger partial charge < -0.3 is 15.6 Å². The molecular weight excluding hydrogens is 269 g/mol. The number of nitrogen functional groups attached to an aromatic ring is 1. The van der Waals surface area contributed by atoms with Gasteiger partial charge in [-0.1, -0.05) is 6.07 Å². The van der Waals surface area contributed by atoms with Gasteiger partial charge in [-0.2, -0.15) is 0 Å². The molecule has 0 aliphatic heterocycles. The van der Waals surface area contributed by atoms with Crippen LogP contribution in [0, 0.1) is 5.82 Å². The van der Waals surface area contributed by atoms with E-state index in [1.165, 1.54) is 24.3 Å². The Morgan fingerprint density at radius 1 is 1.14 bits per heavy atom. The van der Waals surface area contributed by atoms with Crippen molar-refractivity contribution in [3.8, 4) is 0 Å². The van der Waals surface area contributed by atoms with Gasteiger partial charge >= 0.3 is 0 Å². The Bertz CT molecular complexity index is 793. The maximum absolute atomic E-state index is 12.8. The second kappa shape index (κ2) is 5.28. The van der Waals surface area contributed by atoms with E-state index in [1.54, 1.807) is 0 Å². The molecule has 0 saturated carbocycles. The molecule has 0 aliphatic carbocycles. The molecule has 3 aromatic rings. The highest BCUT2D eigenvalue weighted by molar-refractivity contribution is 5.92. The number of carbonyl (C=O) groups excluding carboxylic acids is 1. The molecule has 0 spiro atoms. The van der Waals surface area contributed by atoms with Gasteiger partial charge in [0.05, 0.1) is 5.52 Å². The fraction of sp³-hybridized carbons (Fsp3) is 0.0625. The lowest BCUT2D eigenvalue weighted by molar-refractivity contribution is -0.116. The maximum Gasteiger partial charge on any atom is 0.244 e. The third kappa shape index (κ3) is 2.86. The number of hydrogen-bond acceptors (Lipinski definition) is 2. The zero-order chi connectivity index (χ0) is 14.8. The molecule has 1 amide bonds. The summed E-state index contributed by atoms with van der Waals surface area (Å²) in [7, 11) is 0. The molecule has 4 nitrogen and oxygen atoms in total. The number of benzene rings is 2. The fourth-order valence-electron chi connectivity index (χ4n) is 2.23. The largest absolute Gasteiger partial charge is 0.399 e. The molecule has 2 aromatic carbocycles. The SMILES string of the molecule is Nc1ccc2ccn(CC(=O)Nc3ccc(F)cc3)c2c1. The highest BCUT2D eigenvalue weighted by Crippen LogP contribution is 2.19. The topological polar surface area (TPSA) is 60.0 Å². The van der Waals surface area contributed by atoms with Crippen LogP contribution >= 0.6 is 0 Å². The molecule has 0 bridgehead atoms. The van der Waals surface area contributed by atoms with Crippen LogP contribution in [-0.2, 0) is 11.3 Å². The van der Waals surface area contributed by atoms with E-state index >= 15 is 0 Å². The second-order valence-electron chi connectivity index (χ2n) is 4.82. The Balaban J connectivity index is 1.77. The first kappa shape index (κ1) is 13.2. The Hall–Kier alpha value is -2.82. The maximum atomic E-state index is 12.8. The highest BCUT2D eigenvalue weighted by atomic mass is 19.1. The zero-order valence-corrected chi connectivity index (χ0v) is 11.2. The van der Waals surface area contributed by atoms with Gasteiger partial charge in [0.25, 0.3) is 0 Å². The van der Waals surface area contributed by atoms with Crippen LogP contribution in [0.25, 0.3) is 10.9 Å². The average Bonchev–Trinajstić information content (AvgIpc) is 2.84. The smallest absolute Gasteiger partial charge is 0.244 e. The number of rotatable bonds is 3. The molecule has 0 unspecified atom stereocenters. The van der Waals surface area contributed by atoms with Crippen LogP contribution in [0.3, 0.4) is 0 Å². The molecule has 3 rings (SSSR count). The number of hydrogen-bond donors (Lipinski definition) is 2. The predicted octanol–water partition coefficient (Wildman–Crippen LogP) is 3.00. The summed E-state index contributed by atoms with van der Waals surface area (Å²) in [5, 5.41) is 3.76. The predicted molar refractivity (Wildman–Crippen MR) is 81.4 cm³/mol. The normalized spacial score (nSPS) is 10.7. The van der Waals surface area contributed by atoms with E-state index in [0.29, 0.717) is 11.4 Å². The summed E-state index contributed by atoms with van der Waals surface area (Å²) in [4.78, 5) is 12.0. The van der Waals surface area contributed by atoms with Crippen molar-refractivity contribution in [2.24, 2.45) is 0 Å². The third-order valence-corrected chi connectivity index (χ3v) is 3.24. The molecule has 1 heterocycles. The number of carbonyl (C=O) groups is 1. The Morgan fingerprint density at radius 2 is 1.90 bits per heavy atom. The number of nitrogens with one attached hydrogen (secondary N) is 1. The number of amides is 1. The van der Waals surface area contributed by atoms with Crippen molar-refractivity contribution in [1.82, 2.24) is 4.57 Å². The molecule has 0 saturated heterocycles. The number of halogens is 1. The van der Waals surface area contributed by atoms with E-state index < -0.39 is 0 Å². The molecule has 0 fully saturated rings. The molecule has 0 radical (unpaired) electrons. The summed E-state index contributed by atoms with van der Waals surface area (Å²) in [5.41, 5.74) is 7.90. The van der Waals surface area contributed by atoms with Crippen molar-refractivity contribution in [1.29, 1.82) is 0 Å². The second-order valence-corrected chi connectivity index (χ2v) is 4.82. The molecule has 21 heavy (non-hydrogen) atoms. The number of nitrogens with zero attached hydrogens (tertiary/aromatic N) is 1. The van der Waals surface area contributed by atoms with Crippen LogP contribution < -0.4 is 11.1 Å². The molecule has 3 N–H and O–H groups in total. The van der Waals surface area contributed by atoms with Gasteiger partial charge in [0.2, 0.25) is 5.91 Å². The van der Waals surface area contributed by atoms with Crippen LogP contribution in [0.2, 0.25) is 0 Å². The summed E-state index contributed by atoms with van der Waals surface area (Å²) in [6.07, 6.45) is 1.84. The van der Waals surface area contributed by atoms with Crippen molar-refractivity contribution < 1.29 is 9.18 Å². The summed E-state index contributed by atoms with van der Waals surface area (Å²) in [5.74, 6) is -0.513. The summed E-state index contributed by atoms with van der Waals surface area (Å²) < 4.78 is 14.6. The lowest BCUT2D eigenvalue weighted by Gasteiger charge is -2.08. The van der Waals surface area contributed by atoms with Crippen molar-refractivity contribution in [3.05, 3.63) is 60.5 Å². The van der Waals surface area contributed by atoms with E-state index in [0.717, 1.165) is 10.9 Å². The Kier molecular flexibility index (Phi) is 3.31. The minimum absolute atomic E-state index is 0.171. The fourth-order valence-corrected chi connectivity index (χ4v) is 2.23. The highest BCUT2D eigenvalue weighted by Gasteiger charge is 2.07.